The zero-order valence-electron chi connectivity index (χ0n) is 9.97. The average molecular weight is 238 g/mol. The molecule has 0 saturated heterocycles. The van der Waals surface area contributed by atoms with Crippen LogP contribution in [-0.4, -0.2) is 4.98 Å². The van der Waals surface area contributed by atoms with Gasteiger partial charge >= 0.3 is 0 Å². The lowest BCUT2D eigenvalue weighted by atomic mass is 10.0. The van der Waals surface area contributed by atoms with E-state index >= 15 is 0 Å². The lowest BCUT2D eigenvalue weighted by molar-refractivity contribution is 0.611. The Morgan fingerprint density at radius 1 is 1.06 bits per heavy atom. The molecule has 2 aromatic heterocycles. The van der Waals surface area contributed by atoms with E-state index in [9.17, 15) is 0 Å². The number of fused-ring (bicyclic) bond motifs is 1. The molecule has 3 heteroatoms. The Balaban J connectivity index is 2.02. The van der Waals surface area contributed by atoms with Crippen LogP contribution in [0.1, 0.15) is 16.7 Å². The molecule has 0 aliphatic rings. The van der Waals surface area contributed by atoms with Gasteiger partial charge in [-0.2, -0.15) is 0 Å². The van der Waals surface area contributed by atoms with Gasteiger partial charge in [-0.05, 0) is 41.8 Å². The van der Waals surface area contributed by atoms with Gasteiger partial charge in [0.15, 0.2) is 0 Å². The molecule has 0 atom stereocenters. The summed E-state index contributed by atoms with van der Waals surface area (Å²) in [5.74, 6) is 0. The van der Waals surface area contributed by atoms with Crippen molar-refractivity contribution in [1.82, 2.24) is 4.98 Å². The molecule has 2 heterocycles. The summed E-state index contributed by atoms with van der Waals surface area (Å²) < 4.78 is 5.46. The van der Waals surface area contributed by atoms with Gasteiger partial charge in [0, 0.05) is 29.9 Å². The highest BCUT2D eigenvalue weighted by Gasteiger charge is 2.06. The summed E-state index contributed by atoms with van der Waals surface area (Å²) >= 11 is 0. The van der Waals surface area contributed by atoms with Crippen molar-refractivity contribution >= 4 is 11.0 Å². The van der Waals surface area contributed by atoms with E-state index in [0.717, 1.165) is 23.0 Å². The van der Waals surface area contributed by atoms with Crippen LogP contribution in [0.25, 0.3) is 11.0 Å². The molecule has 3 aromatic rings. The fourth-order valence-electron chi connectivity index (χ4n) is 2.21. The maximum Gasteiger partial charge on any atom is 0.138 e. The minimum absolute atomic E-state index is 0.494. The number of furan rings is 1. The molecule has 3 nitrogen and oxygen atoms in total. The fourth-order valence-corrected chi connectivity index (χ4v) is 2.21. The Labute approximate surface area is 105 Å². The van der Waals surface area contributed by atoms with Crippen LogP contribution < -0.4 is 5.73 Å². The molecule has 0 bridgehead atoms. The largest absolute Gasteiger partial charge is 0.464 e. The zero-order valence-corrected chi connectivity index (χ0v) is 9.97. The van der Waals surface area contributed by atoms with Crippen molar-refractivity contribution in [1.29, 1.82) is 0 Å². The first-order valence-electron chi connectivity index (χ1n) is 5.95. The van der Waals surface area contributed by atoms with Crippen LogP contribution in [-0.2, 0) is 13.0 Å². The van der Waals surface area contributed by atoms with Crippen molar-refractivity contribution in [2.75, 3.05) is 0 Å². The molecule has 2 N–H and O–H groups in total. The van der Waals surface area contributed by atoms with E-state index in [1.54, 1.807) is 6.26 Å². The molecule has 0 saturated carbocycles. The van der Waals surface area contributed by atoms with Crippen LogP contribution in [0.3, 0.4) is 0 Å². The Kier molecular flexibility index (Phi) is 2.82. The van der Waals surface area contributed by atoms with E-state index < -0.39 is 0 Å². The Morgan fingerprint density at radius 2 is 1.89 bits per heavy atom. The number of nitrogens with two attached hydrogens (primary N) is 1. The second-order valence-corrected chi connectivity index (χ2v) is 4.33. The van der Waals surface area contributed by atoms with Gasteiger partial charge < -0.3 is 10.2 Å². The maximum atomic E-state index is 5.77. The second kappa shape index (κ2) is 4.63. The Bertz CT molecular complexity index is 659. The Morgan fingerprint density at radius 3 is 2.67 bits per heavy atom. The van der Waals surface area contributed by atoms with Crippen molar-refractivity contribution in [2.45, 2.75) is 13.0 Å². The van der Waals surface area contributed by atoms with Gasteiger partial charge in [0.1, 0.15) is 5.58 Å². The maximum absolute atomic E-state index is 5.77. The Hall–Kier alpha value is -2.13. The van der Waals surface area contributed by atoms with E-state index in [2.05, 4.69) is 17.1 Å². The molecule has 90 valence electrons. The quantitative estimate of drug-likeness (QED) is 0.763. The molecule has 0 amide bonds. The molecule has 0 spiro atoms. The van der Waals surface area contributed by atoms with E-state index in [1.165, 1.54) is 11.1 Å². The number of aromatic nitrogens is 1. The first-order valence-corrected chi connectivity index (χ1v) is 5.95. The van der Waals surface area contributed by atoms with Gasteiger partial charge in [0.25, 0.3) is 0 Å². The van der Waals surface area contributed by atoms with Gasteiger partial charge in [-0.15, -0.1) is 0 Å². The third-order valence-electron chi connectivity index (χ3n) is 3.07. The second-order valence-electron chi connectivity index (χ2n) is 4.33. The summed E-state index contributed by atoms with van der Waals surface area (Å²) in [4.78, 5) is 4.03. The van der Waals surface area contributed by atoms with Crippen molar-refractivity contribution in [3.05, 3.63) is 65.7 Å². The summed E-state index contributed by atoms with van der Waals surface area (Å²) in [6.45, 7) is 0.494. The van der Waals surface area contributed by atoms with E-state index in [1.807, 2.05) is 30.6 Å². The highest BCUT2D eigenvalue weighted by atomic mass is 16.3. The number of pyridine rings is 1. The lowest BCUT2D eigenvalue weighted by Crippen LogP contribution is -1.98. The van der Waals surface area contributed by atoms with Crippen LogP contribution in [0.15, 0.2) is 53.4 Å². The monoisotopic (exact) mass is 238 g/mol. The van der Waals surface area contributed by atoms with E-state index in [4.69, 9.17) is 10.2 Å². The summed E-state index contributed by atoms with van der Waals surface area (Å²) in [6.07, 6.45) is 6.22. The molecule has 0 unspecified atom stereocenters. The van der Waals surface area contributed by atoms with E-state index in [-0.39, 0.29) is 0 Å². The number of benzene rings is 1. The molecule has 18 heavy (non-hydrogen) atoms. The lowest BCUT2D eigenvalue weighted by Gasteiger charge is -2.05. The molecule has 0 fully saturated rings. The number of rotatable bonds is 3. The molecule has 0 aliphatic carbocycles. The van der Waals surface area contributed by atoms with Gasteiger partial charge in [-0.1, -0.05) is 6.07 Å². The van der Waals surface area contributed by atoms with Crippen molar-refractivity contribution in [3.63, 3.8) is 0 Å². The van der Waals surface area contributed by atoms with Crippen LogP contribution in [0, 0.1) is 0 Å². The van der Waals surface area contributed by atoms with Crippen LogP contribution in [0.2, 0.25) is 0 Å². The minimum atomic E-state index is 0.494. The highest BCUT2D eigenvalue weighted by molar-refractivity contribution is 5.81. The summed E-state index contributed by atoms with van der Waals surface area (Å²) in [7, 11) is 0. The van der Waals surface area contributed by atoms with Crippen molar-refractivity contribution in [3.8, 4) is 0 Å². The van der Waals surface area contributed by atoms with E-state index in [0.29, 0.717) is 6.54 Å². The van der Waals surface area contributed by atoms with Crippen molar-refractivity contribution < 1.29 is 4.42 Å². The molecular weight excluding hydrogens is 224 g/mol. The fraction of sp³-hybridized carbons (Fsp3) is 0.133. The first kappa shape index (κ1) is 11.0. The topological polar surface area (TPSA) is 52.0 Å². The standard InChI is InChI=1S/C15H14N2O/c16-10-14-9-12(7-11-1-4-17-5-2-11)8-13-3-6-18-15(13)14/h1-6,8-9H,7,10,16H2. The summed E-state index contributed by atoms with van der Waals surface area (Å²) in [5, 5.41) is 1.11. The molecule has 3 rings (SSSR count). The number of hydrogen-bond donors (Lipinski definition) is 1. The highest BCUT2D eigenvalue weighted by Crippen LogP contribution is 2.23. The number of hydrogen-bond acceptors (Lipinski definition) is 3. The predicted octanol–water partition coefficient (Wildman–Crippen LogP) is 2.88. The SMILES string of the molecule is NCc1cc(Cc2ccncc2)cc2ccoc12. The van der Waals surface area contributed by atoms with Crippen molar-refractivity contribution in [2.24, 2.45) is 5.73 Å². The predicted molar refractivity (Wildman–Crippen MR) is 71.1 cm³/mol. The smallest absolute Gasteiger partial charge is 0.138 e. The summed E-state index contributed by atoms with van der Waals surface area (Å²) in [6, 6.07) is 10.3. The molecule has 0 aliphatic heterocycles. The third-order valence-corrected chi connectivity index (χ3v) is 3.07. The molecule has 0 radical (unpaired) electrons. The third kappa shape index (κ3) is 2.00. The molecular formula is C15H14N2O. The zero-order chi connectivity index (χ0) is 12.4. The van der Waals surface area contributed by atoms with Gasteiger partial charge in [0.05, 0.1) is 6.26 Å². The van der Waals surface area contributed by atoms with Crippen LogP contribution >= 0.6 is 0 Å². The number of nitrogens with zero attached hydrogens (tertiary/aromatic N) is 1. The van der Waals surface area contributed by atoms with Crippen LogP contribution in [0.5, 0.6) is 0 Å². The van der Waals surface area contributed by atoms with Gasteiger partial charge in [0.2, 0.25) is 0 Å². The average Bonchev–Trinajstić information content (AvgIpc) is 2.87. The first-order chi connectivity index (χ1) is 8.86. The molecule has 1 aromatic carbocycles. The van der Waals surface area contributed by atoms with Gasteiger partial charge in [-0.3, -0.25) is 4.98 Å². The van der Waals surface area contributed by atoms with Crippen LogP contribution in [0.4, 0.5) is 0 Å². The normalized spacial score (nSPS) is 10.9. The minimum Gasteiger partial charge on any atom is -0.464 e. The van der Waals surface area contributed by atoms with Gasteiger partial charge in [-0.25, -0.2) is 0 Å². The summed E-state index contributed by atoms with van der Waals surface area (Å²) in [5.41, 5.74) is 10.2.